The summed E-state index contributed by atoms with van der Waals surface area (Å²) in [5.74, 6) is -1.01. The Bertz CT molecular complexity index is 474. The molecule has 0 spiro atoms. The van der Waals surface area contributed by atoms with Gasteiger partial charge in [-0.3, -0.25) is 9.69 Å². The summed E-state index contributed by atoms with van der Waals surface area (Å²) in [5.41, 5.74) is 0.335. The highest BCUT2D eigenvalue weighted by atomic mass is 35.5. The van der Waals surface area contributed by atoms with Crippen molar-refractivity contribution >= 4 is 17.6 Å². The van der Waals surface area contributed by atoms with Gasteiger partial charge >= 0.3 is 5.97 Å². The fraction of sp³-hybridized carbons (Fsp3) is 0.333. The molecule has 0 aliphatic carbocycles. The number of carbonyl (C=O) groups is 1. The van der Waals surface area contributed by atoms with Gasteiger partial charge < -0.3 is 4.74 Å². The Morgan fingerprint density at radius 1 is 1.61 bits per heavy atom. The number of ether oxygens (including phenoxy) is 1. The van der Waals surface area contributed by atoms with E-state index in [0.717, 1.165) is 0 Å². The molecule has 0 fully saturated rings. The van der Waals surface area contributed by atoms with E-state index in [4.69, 9.17) is 16.9 Å². The molecule has 0 N–H and O–H groups in total. The summed E-state index contributed by atoms with van der Waals surface area (Å²) < 4.78 is 18.2. The lowest BCUT2D eigenvalue weighted by atomic mass is 10.2. The van der Waals surface area contributed by atoms with E-state index in [1.54, 1.807) is 12.1 Å². The first kappa shape index (κ1) is 14.4. The first-order valence-electron chi connectivity index (χ1n) is 5.17. The molecule has 0 unspecified atom stereocenters. The van der Waals surface area contributed by atoms with E-state index in [-0.39, 0.29) is 24.7 Å². The highest BCUT2D eigenvalue weighted by Gasteiger charge is 2.14. The van der Waals surface area contributed by atoms with Crippen LogP contribution < -0.4 is 0 Å². The van der Waals surface area contributed by atoms with Gasteiger partial charge in [0.25, 0.3) is 0 Å². The Morgan fingerprint density at radius 2 is 2.33 bits per heavy atom. The topological polar surface area (TPSA) is 53.3 Å². The summed E-state index contributed by atoms with van der Waals surface area (Å²) in [6.45, 7) is 0.0477. The number of hydrogen-bond acceptors (Lipinski definition) is 4. The largest absolute Gasteiger partial charge is 0.468 e. The van der Waals surface area contributed by atoms with E-state index < -0.39 is 11.8 Å². The molecule has 6 heteroatoms. The molecule has 0 amide bonds. The lowest BCUT2D eigenvalue weighted by Crippen LogP contribution is -2.30. The van der Waals surface area contributed by atoms with Crippen LogP contribution in [0.25, 0.3) is 0 Å². The highest BCUT2D eigenvalue weighted by Crippen LogP contribution is 2.19. The van der Waals surface area contributed by atoms with Gasteiger partial charge in [-0.15, -0.1) is 0 Å². The van der Waals surface area contributed by atoms with E-state index in [2.05, 4.69) is 4.74 Å². The first-order valence-corrected chi connectivity index (χ1v) is 5.55. The molecule has 0 aromatic heterocycles. The number of nitriles is 1. The number of methoxy groups -OCH3 is 1. The van der Waals surface area contributed by atoms with Gasteiger partial charge in [-0.1, -0.05) is 23.7 Å². The number of benzene rings is 1. The summed E-state index contributed by atoms with van der Waals surface area (Å²) in [6, 6.07) is 6.53. The van der Waals surface area contributed by atoms with Gasteiger partial charge in [0.2, 0.25) is 0 Å². The van der Waals surface area contributed by atoms with Gasteiger partial charge in [-0.2, -0.15) is 5.26 Å². The Morgan fingerprint density at radius 3 is 2.94 bits per heavy atom. The zero-order valence-electron chi connectivity index (χ0n) is 9.82. The lowest BCUT2D eigenvalue weighted by molar-refractivity contribution is -0.141. The SMILES string of the molecule is COC(=O)CN(CC#N)Cc1cccc(Cl)c1F. The Balaban J connectivity index is 2.80. The molecule has 0 aliphatic rings. The molecular formula is C12H12ClFN2O2. The minimum absolute atomic E-state index is 0.00104. The van der Waals surface area contributed by atoms with Crippen molar-refractivity contribution in [3.05, 3.63) is 34.6 Å². The van der Waals surface area contributed by atoms with E-state index in [1.807, 2.05) is 6.07 Å². The molecule has 0 aliphatic heterocycles. The Labute approximate surface area is 110 Å². The van der Waals surface area contributed by atoms with Crippen molar-refractivity contribution in [3.8, 4) is 6.07 Å². The van der Waals surface area contributed by atoms with Crippen LogP contribution in [0, 0.1) is 17.1 Å². The van der Waals surface area contributed by atoms with Crippen LogP contribution >= 0.6 is 11.6 Å². The normalized spacial score (nSPS) is 10.2. The second-order valence-electron chi connectivity index (χ2n) is 3.59. The summed E-state index contributed by atoms with van der Waals surface area (Å²) >= 11 is 5.66. The quantitative estimate of drug-likeness (QED) is 0.606. The van der Waals surface area contributed by atoms with Crippen LogP contribution in [0.4, 0.5) is 4.39 Å². The molecule has 0 radical (unpaired) electrons. The summed E-state index contributed by atoms with van der Waals surface area (Å²) in [5, 5.41) is 8.68. The van der Waals surface area contributed by atoms with Gasteiger partial charge in [0.05, 0.1) is 31.3 Å². The minimum Gasteiger partial charge on any atom is -0.468 e. The molecule has 4 nitrogen and oxygen atoms in total. The minimum atomic E-state index is -0.535. The Hall–Kier alpha value is -1.64. The lowest BCUT2D eigenvalue weighted by Gasteiger charge is -2.18. The monoisotopic (exact) mass is 270 g/mol. The number of rotatable bonds is 5. The molecule has 0 saturated heterocycles. The zero-order chi connectivity index (χ0) is 13.5. The smallest absolute Gasteiger partial charge is 0.319 e. The third kappa shape index (κ3) is 3.99. The standard InChI is InChI=1S/C12H12ClFN2O2/c1-18-11(17)8-16(6-5-15)7-9-3-2-4-10(13)12(9)14/h2-4H,6-8H2,1H3. The summed E-state index contributed by atoms with van der Waals surface area (Å²) in [4.78, 5) is 12.6. The van der Waals surface area contributed by atoms with Crippen LogP contribution in [-0.4, -0.2) is 31.1 Å². The van der Waals surface area contributed by atoms with Crippen molar-refractivity contribution in [2.75, 3.05) is 20.2 Å². The fourth-order valence-corrected chi connectivity index (χ4v) is 1.62. The van der Waals surface area contributed by atoms with E-state index in [9.17, 15) is 9.18 Å². The van der Waals surface area contributed by atoms with Crippen LogP contribution in [0.5, 0.6) is 0 Å². The molecule has 1 aromatic rings. The van der Waals surface area contributed by atoms with Crippen molar-refractivity contribution < 1.29 is 13.9 Å². The second-order valence-corrected chi connectivity index (χ2v) is 4.00. The second kappa shape index (κ2) is 6.94. The number of carbonyl (C=O) groups excluding carboxylic acids is 1. The maximum Gasteiger partial charge on any atom is 0.319 e. The molecule has 0 bridgehead atoms. The molecule has 1 rings (SSSR count). The van der Waals surface area contributed by atoms with Gasteiger partial charge in [-0.25, -0.2) is 4.39 Å². The Kier molecular flexibility index (Phi) is 5.56. The van der Waals surface area contributed by atoms with Crippen LogP contribution in [0.1, 0.15) is 5.56 Å². The van der Waals surface area contributed by atoms with Gasteiger partial charge in [0.1, 0.15) is 5.82 Å². The molecule has 96 valence electrons. The number of nitrogens with zero attached hydrogens (tertiary/aromatic N) is 2. The van der Waals surface area contributed by atoms with E-state index in [1.165, 1.54) is 18.1 Å². The molecule has 0 atom stereocenters. The fourth-order valence-electron chi connectivity index (χ4n) is 1.43. The average molecular weight is 271 g/mol. The molecular weight excluding hydrogens is 259 g/mol. The average Bonchev–Trinajstić information content (AvgIpc) is 2.35. The predicted molar refractivity (Wildman–Crippen MR) is 64.3 cm³/mol. The van der Waals surface area contributed by atoms with Crippen molar-refractivity contribution in [1.29, 1.82) is 5.26 Å². The van der Waals surface area contributed by atoms with Crippen molar-refractivity contribution in [2.24, 2.45) is 0 Å². The molecule has 0 heterocycles. The molecule has 1 aromatic carbocycles. The van der Waals surface area contributed by atoms with Gasteiger partial charge in [0.15, 0.2) is 0 Å². The maximum atomic E-state index is 13.7. The summed E-state index contributed by atoms with van der Waals surface area (Å²) in [7, 11) is 1.26. The van der Waals surface area contributed by atoms with Crippen molar-refractivity contribution in [3.63, 3.8) is 0 Å². The van der Waals surface area contributed by atoms with Gasteiger partial charge in [-0.05, 0) is 6.07 Å². The maximum absolute atomic E-state index is 13.7. The number of esters is 1. The number of hydrogen-bond donors (Lipinski definition) is 0. The van der Waals surface area contributed by atoms with Crippen LogP contribution in [-0.2, 0) is 16.1 Å². The van der Waals surface area contributed by atoms with Crippen LogP contribution in [0.15, 0.2) is 18.2 Å². The predicted octanol–water partition coefficient (Wildman–Crippen LogP) is 1.98. The first-order chi connectivity index (χ1) is 8.58. The van der Waals surface area contributed by atoms with E-state index in [0.29, 0.717) is 5.56 Å². The van der Waals surface area contributed by atoms with Crippen molar-refractivity contribution in [2.45, 2.75) is 6.54 Å². The van der Waals surface area contributed by atoms with Crippen LogP contribution in [0.2, 0.25) is 5.02 Å². The molecule has 0 saturated carbocycles. The summed E-state index contributed by atoms with van der Waals surface area (Å²) in [6.07, 6.45) is 0. The van der Waals surface area contributed by atoms with Gasteiger partial charge in [0, 0.05) is 12.1 Å². The van der Waals surface area contributed by atoms with Crippen molar-refractivity contribution in [1.82, 2.24) is 4.90 Å². The third-order valence-electron chi connectivity index (χ3n) is 2.30. The highest BCUT2D eigenvalue weighted by molar-refractivity contribution is 6.30. The van der Waals surface area contributed by atoms with Crippen LogP contribution in [0.3, 0.4) is 0 Å². The van der Waals surface area contributed by atoms with E-state index >= 15 is 0 Å². The third-order valence-corrected chi connectivity index (χ3v) is 2.59. The number of halogens is 2. The zero-order valence-corrected chi connectivity index (χ0v) is 10.6. The molecule has 18 heavy (non-hydrogen) atoms.